The van der Waals surface area contributed by atoms with E-state index in [9.17, 15) is 9.59 Å². The van der Waals surface area contributed by atoms with Crippen molar-refractivity contribution in [3.8, 4) is 0 Å². The second kappa shape index (κ2) is 4.90. The molecule has 4 nitrogen and oxygen atoms in total. The molecule has 2 unspecified atom stereocenters. The van der Waals surface area contributed by atoms with Crippen molar-refractivity contribution in [2.45, 2.75) is 32.6 Å². The largest absolute Gasteiger partial charge is 0.481 e. The molecule has 0 aromatic heterocycles. The third-order valence-corrected chi connectivity index (χ3v) is 3.75. The maximum atomic E-state index is 11.9. The number of carboxylic acid groups (broad SMARTS) is 1. The quantitative estimate of drug-likeness (QED) is 0.743. The Hall–Kier alpha value is -1.32. The lowest BCUT2D eigenvalue weighted by atomic mass is 10.1. The van der Waals surface area contributed by atoms with E-state index < -0.39 is 5.97 Å². The smallest absolute Gasteiger partial charge is 0.308 e. The highest BCUT2D eigenvalue weighted by Crippen LogP contribution is 2.29. The zero-order valence-electron chi connectivity index (χ0n) is 10.2. The molecule has 0 spiro atoms. The molecule has 2 atom stereocenters. The van der Waals surface area contributed by atoms with Crippen molar-refractivity contribution < 1.29 is 14.7 Å². The van der Waals surface area contributed by atoms with Crippen LogP contribution >= 0.6 is 0 Å². The Labute approximate surface area is 101 Å². The van der Waals surface area contributed by atoms with E-state index in [0.717, 1.165) is 19.3 Å². The molecule has 2 fully saturated rings. The molecule has 0 aromatic rings. The van der Waals surface area contributed by atoms with Gasteiger partial charge in [0.05, 0.1) is 5.92 Å². The summed E-state index contributed by atoms with van der Waals surface area (Å²) in [5.74, 6) is -0.487. The second-order valence-electron chi connectivity index (χ2n) is 5.26. The van der Waals surface area contributed by atoms with E-state index in [1.54, 1.807) is 11.0 Å². The summed E-state index contributed by atoms with van der Waals surface area (Å²) in [7, 11) is 0. The Balaban J connectivity index is 1.91. The lowest BCUT2D eigenvalue weighted by molar-refractivity contribution is -0.141. The number of carbonyl (C=O) groups excluding carboxylic acids is 1. The number of amides is 1. The fourth-order valence-corrected chi connectivity index (χ4v) is 2.64. The van der Waals surface area contributed by atoms with Gasteiger partial charge >= 0.3 is 5.97 Å². The molecule has 0 radical (unpaired) electrons. The van der Waals surface area contributed by atoms with E-state index in [-0.39, 0.29) is 11.8 Å². The fraction of sp³-hybridized carbons (Fsp3) is 0.692. The number of aliphatic carboxylic acids is 1. The van der Waals surface area contributed by atoms with Gasteiger partial charge in [0.15, 0.2) is 0 Å². The summed E-state index contributed by atoms with van der Waals surface area (Å²) in [5, 5.41) is 8.88. The predicted molar refractivity (Wildman–Crippen MR) is 63.4 cm³/mol. The van der Waals surface area contributed by atoms with Crippen LogP contribution in [-0.2, 0) is 9.59 Å². The first kappa shape index (κ1) is 12.1. The van der Waals surface area contributed by atoms with Gasteiger partial charge in [-0.15, -0.1) is 0 Å². The van der Waals surface area contributed by atoms with Gasteiger partial charge in [-0.1, -0.05) is 12.5 Å². The molecule has 1 aliphatic heterocycles. The van der Waals surface area contributed by atoms with Gasteiger partial charge in [0.2, 0.25) is 5.91 Å². The zero-order valence-corrected chi connectivity index (χ0v) is 10.2. The minimum absolute atomic E-state index is 0.00199. The molecule has 2 aliphatic rings. The van der Waals surface area contributed by atoms with Crippen LogP contribution in [0.3, 0.4) is 0 Å². The van der Waals surface area contributed by atoms with Gasteiger partial charge in [0.25, 0.3) is 0 Å². The van der Waals surface area contributed by atoms with Gasteiger partial charge in [-0.25, -0.2) is 0 Å². The number of nitrogens with zero attached hydrogens (tertiary/aromatic N) is 1. The Morgan fingerprint density at radius 2 is 2.18 bits per heavy atom. The predicted octanol–water partition coefficient (Wildman–Crippen LogP) is 1.67. The summed E-state index contributed by atoms with van der Waals surface area (Å²) < 4.78 is 0. The summed E-state index contributed by atoms with van der Waals surface area (Å²) >= 11 is 0. The third-order valence-electron chi connectivity index (χ3n) is 3.75. The summed E-state index contributed by atoms with van der Waals surface area (Å²) in [4.78, 5) is 24.4. The summed E-state index contributed by atoms with van der Waals surface area (Å²) in [6.07, 6.45) is 5.51. The first-order valence-corrected chi connectivity index (χ1v) is 6.27. The highest BCUT2D eigenvalue weighted by atomic mass is 16.4. The third kappa shape index (κ3) is 2.87. The number of rotatable bonds is 2. The van der Waals surface area contributed by atoms with Crippen LogP contribution < -0.4 is 0 Å². The minimum atomic E-state index is -0.789. The van der Waals surface area contributed by atoms with Crippen LogP contribution in [0, 0.1) is 11.8 Å². The van der Waals surface area contributed by atoms with Crippen LogP contribution in [0.2, 0.25) is 0 Å². The maximum absolute atomic E-state index is 11.9. The van der Waals surface area contributed by atoms with E-state index in [1.807, 2.05) is 0 Å². The first-order valence-electron chi connectivity index (χ1n) is 6.27. The molecule has 1 saturated carbocycles. The maximum Gasteiger partial charge on any atom is 0.308 e. The van der Waals surface area contributed by atoms with Gasteiger partial charge < -0.3 is 10.0 Å². The Kier molecular flexibility index (Phi) is 3.50. The molecule has 1 amide bonds. The van der Waals surface area contributed by atoms with Crippen LogP contribution in [0.1, 0.15) is 32.6 Å². The summed E-state index contributed by atoms with van der Waals surface area (Å²) in [5.41, 5.74) is 1.22. The number of hydrogen-bond acceptors (Lipinski definition) is 2. The molecule has 1 saturated heterocycles. The van der Waals surface area contributed by atoms with Crippen molar-refractivity contribution >= 4 is 11.9 Å². The Morgan fingerprint density at radius 3 is 2.71 bits per heavy atom. The van der Waals surface area contributed by atoms with Crippen LogP contribution in [0.4, 0.5) is 0 Å². The van der Waals surface area contributed by atoms with Crippen LogP contribution in [0.5, 0.6) is 0 Å². The second-order valence-corrected chi connectivity index (χ2v) is 5.26. The molecule has 2 rings (SSSR count). The van der Waals surface area contributed by atoms with Gasteiger partial charge in [-0.3, -0.25) is 9.59 Å². The van der Waals surface area contributed by atoms with Gasteiger partial charge in [0.1, 0.15) is 0 Å². The average molecular weight is 237 g/mol. The number of allylic oxidation sites excluding steroid dienone is 1. The van der Waals surface area contributed by atoms with E-state index in [0.29, 0.717) is 25.4 Å². The van der Waals surface area contributed by atoms with Crippen LogP contribution in [0.25, 0.3) is 0 Å². The number of carboxylic acids is 1. The van der Waals surface area contributed by atoms with E-state index in [1.165, 1.54) is 5.57 Å². The topological polar surface area (TPSA) is 57.6 Å². The zero-order chi connectivity index (χ0) is 12.4. The molecule has 17 heavy (non-hydrogen) atoms. The van der Waals surface area contributed by atoms with E-state index in [2.05, 4.69) is 6.92 Å². The first-order chi connectivity index (χ1) is 8.06. The SMILES string of the molecule is CC1CCC(=CC(=O)N2CCC(C(=O)O)C2)C1. The molecule has 0 aromatic carbocycles. The Morgan fingerprint density at radius 1 is 1.41 bits per heavy atom. The monoisotopic (exact) mass is 237 g/mol. The highest BCUT2D eigenvalue weighted by Gasteiger charge is 2.30. The molecule has 1 aliphatic carbocycles. The van der Waals surface area contributed by atoms with Crippen LogP contribution in [-0.4, -0.2) is 35.0 Å². The lowest BCUT2D eigenvalue weighted by Gasteiger charge is -2.13. The van der Waals surface area contributed by atoms with Gasteiger partial charge in [-0.05, 0) is 31.6 Å². The van der Waals surface area contributed by atoms with Crippen molar-refractivity contribution in [1.82, 2.24) is 4.90 Å². The van der Waals surface area contributed by atoms with Crippen molar-refractivity contribution in [2.24, 2.45) is 11.8 Å². The minimum Gasteiger partial charge on any atom is -0.481 e. The molecular formula is C13H19NO3. The van der Waals surface area contributed by atoms with Crippen LogP contribution in [0.15, 0.2) is 11.6 Å². The molecule has 4 heteroatoms. The lowest BCUT2D eigenvalue weighted by Crippen LogP contribution is -2.28. The van der Waals surface area contributed by atoms with E-state index in [4.69, 9.17) is 5.11 Å². The standard InChI is InChI=1S/C13H19NO3/c1-9-2-3-10(6-9)7-12(15)14-5-4-11(8-14)13(16)17/h7,9,11H,2-6,8H2,1H3,(H,16,17). The molecule has 0 bridgehead atoms. The van der Waals surface area contributed by atoms with Crippen molar-refractivity contribution in [2.75, 3.05) is 13.1 Å². The number of likely N-dealkylation sites (tertiary alicyclic amines) is 1. The fourth-order valence-electron chi connectivity index (χ4n) is 2.64. The number of carbonyl (C=O) groups is 2. The molecular weight excluding hydrogens is 218 g/mol. The summed E-state index contributed by atoms with van der Waals surface area (Å²) in [6.45, 7) is 3.14. The van der Waals surface area contributed by atoms with Gasteiger partial charge in [-0.2, -0.15) is 0 Å². The van der Waals surface area contributed by atoms with Crippen molar-refractivity contribution in [3.05, 3.63) is 11.6 Å². The molecule has 94 valence electrons. The van der Waals surface area contributed by atoms with Crippen molar-refractivity contribution in [3.63, 3.8) is 0 Å². The van der Waals surface area contributed by atoms with E-state index >= 15 is 0 Å². The highest BCUT2D eigenvalue weighted by molar-refractivity contribution is 5.89. The molecule has 1 N–H and O–H groups in total. The number of hydrogen-bond donors (Lipinski definition) is 1. The average Bonchev–Trinajstić information content (AvgIpc) is 2.86. The normalized spacial score (nSPS) is 31.1. The van der Waals surface area contributed by atoms with Gasteiger partial charge in [0, 0.05) is 19.2 Å². The Bertz CT molecular complexity index is 362. The van der Waals surface area contributed by atoms with Crippen molar-refractivity contribution in [1.29, 1.82) is 0 Å². The molecule has 1 heterocycles. The summed E-state index contributed by atoms with van der Waals surface area (Å²) in [6, 6.07) is 0.